The number of amides is 1. The maximum atomic E-state index is 12.7. The van der Waals surface area contributed by atoms with Crippen molar-refractivity contribution in [3.05, 3.63) is 83.9 Å². The third kappa shape index (κ3) is 4.56. The summed E-state index contributed by atoms with van der Waals surface area (Å²) < 4.78 is 16.0. The molecule has 0 spiro atoms. The van der Waals surface area contributed by atoms with Crippen LogP contribution in [-0.4, -0.2) is 30.3 Å². The molecule has 1 amide bonds. The minimum absolute atomic E-state index is 0.227. The van der Waals surface area contributed by atoms with E-state index in [-0.39, 0.29) is 5.91 Å². The third-order valence-electron chi connectivity index (χ3n) is 4.76. The van der Waals surface area contributed by atoms with Crippen LogP contribution in [-0.2, 0) is 6.54 Å². The van der Waals surface area contributed by atoms with E-state index < -0.39 is 0 Å². The molecule has 0 atom stereocenters. The number of carbonyl (C=O) groups excluding carboxylic acids is 1. The Bertz CT molecular complexity index is 1190. The van der Waals surface area contributed by atoms with Crippen LogP contribution in [0.5, 0.6) is 11.5 Å². The molecule has 0 aliphatic rings. The molecule has 0 aliphatic carbocycles. The van der Waals surface area contributed by atoms with E-state index in [2.05, 4.69) is 15.5 Å². The molecular weight excluding hydrogens is 394 g/mol. The summed E-state index contributed by atoms with van der Waals surface area (Å²) in [6.45, 7) is 0.294. The van der Waals surface area contributed by atoms with Gasteiger partial charge >= 0.3 is 0 Å². The third-order valence-corrected chi connectivity index (χ3v) is 4.76. The fourth-order valence-corrected chi connectivity index (χ4v) is 3.14. The number of carbonyl (C=O) groups is 1. The summed E-state index contributed by atoms with van der Waals surface area (Å²) in [5, 5.41) is 6.95. The molecule has 0 unspecified atom stereocenters. The maximum Gasteiger partial charge on any atom is 0.258 e. The molecule has 1 aromatic heterocycles. The minimum atomic E-state index is -0.227. The van der Waals surface area contributed by atoms with Gasteiger partial charge in [-0.2, -0.15) is 4.98 Å². The molecule has 31 heavy (non-hydrogen) atoms. The van der Waals surface area contributed by atoms with Crippen molar-refractivity contribution in [2.45, 2.75) is 6.54 Å². The van der Waals surface area contributed by atoms with Crippen molar-refractivity contribution in [3.8, 4) is 34.3 Å². The number of rotatable bonds is 7. The molecule has 0 saturated carbocycles. The van der Waals surface area contributed by atoms with Crippen LogP contribution in [0.2, 0.25) is 0 Å². The van der Waals surface area contributed by atoms with Gasteiger partial charge in [-0.15, -0.1) is 0 Å². The van der Waals surface area contributed by atoms with Crippen LogP contribution >= 0.6 is 0 Å². The number of benzene rings is 3. The number of methoxy groups -OCH3 is 2. The summed E-state index contributed by atoms with van der Waals surface area (Å²) in [6, 6.07) is 22.1. The lowest BCUT2D eigenvalue weighted by molar-refractivity contribution is 0.0950. The average Bonchev–Trinajstić information content (AvgIpc) is 3.33. The summed E-state index contributed by atoms with van der Waals surface area (Å²) >= 11 is 0. The smallest absolute Gasteiger partial charge is 0.258 e. The average molecular weight is 415 g/mol. The van der Waals surface area contributed by atoms with E-state index in [1.807, 2.05) is 48.5 Å². The van der Waals surface area contributed by atoms with E-state index in [1.165, 1.54) is 0 Å². The normalized spacial score (nSPS) is 10.5. The van der Waals surface area contributed by atoms with Gasteiger partial charge in [0.15, 0.2) is 0 Å². The van der Waals surface area contributed by atoms with Crippen molar-refractivity contribution < 1.29 is 18.8 Å². The molecule has 1 N–H and O–H groups in total. The zero-order valence-electron chi connectivity index (χ0n) is 17.2. The Hall–Kier alpha value is -4.13. The topological polar surface area (TPSA) is 86.5 Å². The molecule has 4 aromatic rings. The number of hydrogen-bond acceptors (Lipinski definition) is 6. The van der Waals surface area contributed by atoms with Gasteiger partial charge in [-0.05, 0) is 36.4 Å². The molecule has 3 aromatic carbocycles. The monoisotopic (exact) mass is 415 g/mol. The molecule has 0 fully saturated rings. The molecule has 0 radical (unpaired) electrons. The minimum Gasteiger partial charge on any atom is -0.497 e. The second kappa shape index (κ2) is 9.13. The van der Waals surface area contributed by atoms with Gasteiger partial charge in [-0.3, -0.25) is 4.79 Å². The molecule has 0 aliphatic heterocycles. The van der Waals surface area contributed by atoms with Crippen LogP contribution in [0, 0.1) is 0 Å². The summed E-state index contributed by atoms with van der Waals surface area (Å²) in [6.07, 6.45) is 0. The molecule has 0 bridgehead atoms. The van der Waals surface area contributed by atoms with Crippen molar-refractivity contribution in [1.29, 1.82) is 0 Å². The second-order valence-corrected chi connectivity index (χ2v) is 6.73. The van der Waals surface area contributed by atoms with Crippen LogP contribution in [0.15, 0.2) is 77.3 Å². The molecule has 7 heteroatoms. The van der Waals surface area contributed by atoms with Crippen molar-refractivity contribution in [3.63, 3.8) is 0 Å². The predicted molar refractivity (Wildman–Crippen MR) is 116 cm³/mol. The molecule has 1 heterocycles. The fourth-order valence-electron chi connectivity index (χ4n) is 3.14. The number of hydrogen-bond donors (Lipinski definition) is 1. The largest absolute Gasteiger partial charge is 0.497 e. The van der Waals surface area contributed by atoms with Gasteiger partial charge in [0.05, 0.1) is 14.2 Å². The second-order valence-electron chi connectivity index (χ2n) is 6.73. The number of nitrogens with one attached hydrogen (secondary N) is 1. The van der Waals surface area contributed by atoms with Gasteiger partial charge in [-0.25, -0.2) is 0 Å². The van der Waals surface area contributed by atoms with Crippen LogP contribution < -0.4 is 14.8 Å². The molecule has 7 nitrogen and oxygen atoms in total. The predicted octanol–water partition coefficient (Wildman–Crippen LogP) is 4.35. The zero-order valence-corrected chi connectivity index (χ0v) is 17.2. The lowest BCUT2D eigenvalue weighted by atomic mass is 10.1. The van der Waals surface area contributed by atoms with Crippen LogP contribution in [0.25, 0.3) is 22.8 Å². The molecule has 156 valence electrons. The van der Waals surface area contributed by atoms with E-state index >= 15 is 0 Å². The van der Waals surface area contributed by atoms with Gasteiger partial charge in [0, 0.05) is 28.8 Å². The van der Waals surface area contributed by atoms with E-state index in [4.69, 9.17) is 14.0 Å². The van der Waals surface area contributed by atoms with E-state index in [1.54, 1.807) is 38.5 Å². The Morgan fingerprint density at radius 1 is 0.935 bits per heavy atom. The Balaban J connectivity index is 1.50. The quantitative estimate of drug-likeness (QED) is 0.483. The number of aromatic nitrogens is 2. The van der Waals surface area contributed by atoms with Gasteiger partial charge in [0.2, 0.25) is 5.82 Å². The first-order valence-corrected chi connectivity index (χ1v) is 9.66. The Morgan fingerprint density at radius 2 is 1.74 bits per heavy atom. The zero-order chi connectivity index (χ0) is 21.6. The van der Waals surface area contributed by atoms with Crippen LogP contribution in [0.4, 0.5) is 0 Å². The van der Waals surface area contributed by atoms with Crippen LogP contribution in [0.1, 0.15) is 15.9 Å². The van der Waals surface area contributed by atoms with Gasteiger partial charge in [0.25, 0.3) is 11.8 Å². The Morgan fingerprint density at radius 3 is 2.52 bits per heavy atom. The Labute approximate surface area is 179 Å². The van der Waals surface area contributed by atoms with Gasteiger partial charge in [-0.1, -0.05) is 41.6 Å². The molecule has 4 rings (SSSR count). The first-order chi connectivity index (χ1) is 15.2. The van der Waals surface area contributed by atoms with Gasteiger partial charge < -0.3 is 19.3 Å². The van der Waals surface area contributed by atoms with E-state index in [0.29, 0.717) is 40.9 Å². The van der Waals surface area contributed by atoms with E-state index in [0.717, 1.165) is 11.1 Å². The highest BCUT2D eigenvalue weighted by Gasteiger charge is 2.14. The maximum absolute atomic E-state index is 12.7. The molecular formula is C24H21N3O4. The summed E-state index contributed by atoms with van der Waals surface area (Å²) in [5.41, 5.74) is 2.83. The number of nitrogens with zero attached hydrogens (tertiary/aromatic N) is 2. The number of ether oxygens (including phenoxy) is 2. The van der Waals surface area contributed by atoms with E-state index in [9.17, 15) is 4.79 Å². The van der Waals surface area contributed by atoms with Crippen molar-refractivity contribution in [1.82, 2.24) is 15.5 Å². The van der Waals surface area contributed by atoms with Gasteiger partial charge in [0.1, 0.15) is 11.5 Å². The summed E-state index contributed by atoms with van der Waals surface area (Å²) in [5.74, 6) is 1.99. The first kappa shape index (κ1) is 20.2. The lowest BCUT2D eigenvalue weighted by Gasteiger charge is -2.11. The first-order valence-electron chi connectivity index (χ1n) is 9.66. The summed E-state index contributed by atoms with van der Waals surface area (Å²) in [7, 11) is 3.18. The summed E-state index contributed by atoms with van der Waals surface area (Å²) in [4.78, 5) is 17.2. The fraction of sp³-hybridized carbons (Fsp3) is 0.125. The van der Waals surface area contributed by atoms with Crippen molar-refractivity contribution in [2.75, 3.05) is 14.2 Å². The van der Waals surface area contributed by atoms with Crippen LogP contribution in [0.3, 0.4) is 0 Å². The van der Waals surface area contributed by atoms with Crippen molar-refractivity contribution >= 4 is 5.91 Å². The Kier molecular flexibility index (Phi) is 5.93. The molecule has 0 saturated heterocycles. The highest BCUT2D eigenvalue weighted by atomic mass is 16.5. The van der Waals surface area contributed by atoms with Crippen molar-refractivity contribution in [2.24, 2.45) is 0 Å². The highest BCUT2D eigenvalue weighted by Crippen LogP contribution is 2.25. The standard InChI is InChI=1S/C24H21N3O4/c1-29-20-11-12-21(30-2)19(14-20)15-25-23(28)17-9-6-10-18(13-17)24-26-22(27-31-24)16-7-4-3-5-8-16/h3-14H,15H2,1-2H3,(H,25,28). The highest BCUT2D eigenvalue weighted by molar-refractivity contribution is 5.95. The lowest BCUT2D eigenvalue weighted by Crippen LogP contribution is -2.23. The SMILES string of the molecule is COc1ccc(OC)c(CNC(=O)c2cccc(-c3nc(-c4ccccc4)no3)c2)c1.